The van der Waals surface area contributed by atoms with Crippen molar-refractivity contribution in [3.63, 3.8) is 0 Å². The van der Waals surface area contributed by atoms with Crippen LogP contribution in [0.1, 0.15) is 32.3 Å². The number of rotatable bonds is 9. The van der Waals surface area contributed by atoms with Gasteiger partial charge in [0.1, 0.15) is 16.4 Å². The maximum absolute atomic E-state index is 12.8. The molecule has 0 heterocycles. The number of methoxy groups -OCH3 is 1. The fraction of sp³-hybridized carbons (Fsp3) is 0.409. The molecule has 1 aliphatic rings. The van der Waals surface area contributed by atoms with E-state index in [0.717, 1.165) is 12.8 Å². The van der Waals surface area contributed by atoms with Crippen molar-refractivity contribution in [1.29, 1.82) is 0 Å². The molecule has 8 heteroatoms. The summed E-state index contributed by atoms with van der Waals surface area (Å²) in [7, 11) is -2.51. The Kier molecular flexibility index (Phi) is 6.87. The lowest BCUT2D eigenvalue weighted by atomic mass is 10.2. The van der Waals surface area contributed by atoms with Gasteiger partial charge in [0, 0.05) is 18.2 Å². The van der Waals surface area contributed by atoms with Gasteiger partial charge in [-0.05, 0) is 62.9 Å². The van der Waals surface area contributed by atoms with E-state index in [1.807, 2.05) is 13.8 Å². The van der Waals surface area contributed by atoms with Crippen LogP contribution in [-0.2, 0) is 16.7 Å². The van der Waals surface area contributed by atoms with Crippen LogP contribution in [0.4, 0.5) is 4.79 Å². The van der Waals surface area contributed by atoms with Crippen molar-refractivity contribution >= 4 is 16.1 Å². The van der Waals surface area contributed by atoms with Crippen LogP contribution < -0.4 is 14.2 Å². The molecule has 0 radical (unpaired) electrons. The Labute approximate surface area is 178 Å². The Morgan fingerprint density at radius 3 is 2.40 bits per heavy atom. The van der Waals surface area contributed by atoms with Crippen molar-refractivity contribution in [3.05, 3.63) is 54.1 Å². The number of nitrogens with one attached hydrogen (secondary N) is 1. The summed E-state index contributed by atoms with van der Waals surface area (Å²) in [6.45, 7) is 4.72. The highest BCUT2D eigenvalue weighted by Gasteiger charge is 2.28. The average molecular weight is 433 g/mol. The third kappa shape index (κ3) is 5.89. The Hall–Kier alpha value is -2.74. The van der Waals surface area contributed by atoms with Gasteiger partial charge in [-0.2, -0.15) is 8.42 Å². The number of benzene rings is 2. The molecule has 0 saturated heterocycles. The Balaban J connectivity index is 1.80. The van der Waals surface area contributed by atoms with Gasteiger partial charge < -0.3 is 19.1 Å². The highest BCUT2D eigenvalue weighted by Crippen LogP contribution is 2.31. The zero-order valence-corrected chi connectivity index (χ0v) is 18.3. The predicted molar refractivity (Wildman–Crippen MR) is 114 cm³/mol. The maximum atomic E-state index is 12.8. The van der Waals surface area contributed by atoms with Crippen LogP contribution in [0.2, 0.25) is 0 Å². The summed E-state index contributed by atoms with van der Waals surface area (Å²) in [4.78, 5) is 14.4. The summed E-state index contributed by atoms with van der Waals surface area (Å²) in [6.07, 6.45) is 2.21. The molecule has 2 aromatic rings. The molecule has 0 unspecified atom stereocenters. The van der Waals surface area contributed by atoms with Crippen molar-refractivity contribution in [2.24, 2.45) is 5.92 Å². The topological polar surface area (TPSA) is 84.9 Å². The number of hydrogen-bond acceptors (Lipinski definition) is 5. The smallest absolute Gasteiger partial charge is 0.339 e. The average Bonchev–Trinajstić information content (AvgIpc) is 3.52. The lowest BCUT2D eigenvalue weighted by Gasteiger charge is -2.25. The van der Waals surface area contributed by atoms with E-state index >= 15 is 0 Å². The Morgan fingerprint density at radius 2 is 1.80 bits per heavy atom. The number of amides is 2. The van der Waals surface area contributed by atoms with Crippen molar-refractivity contribution < 1.29 is 22.1 Å². The van der Waals surface area contributed by atoms with E-state index in [0.29, 0.717) is 23.8 Å². The summed E-state index contributed by atoms with van der Waals surface area (Å²) >= 11 is 0. The minimum atomic E-state index is -4.02. The second-order valence-corrected chi connectivity index (χ2v) is 9.30. The fourth-order valence-corrected chi connectivity index (χ4v) is 3.96. The van der Waals surface area contributed by atoms with Gasteiger partial charge in [-0.15, -0.1) is 0 Å². The predicted octanol–water partition coefficient (Wildman–Crippen LogP) is 3.79. The molecule has 1 aliphatic carbocycles. The molecule has 0 aliphatic heterocycles. The number of hydrogen-bond donors (Lipinski definition) is 1. The number of nitrogens with zero attached hydrogens (tertiary/aromatic N) is 1. The molecule has 1 N–H and O–H groups in total. The molecule has 2 aromatic carbocycles. The molecular weight excluding hydrogens is 404 g/mol. The van der Waals surface area contributed by atoms with Crippen LogP contribution in [-0.4, -0.2) is 39.0 Å². The highest BCUT2D eigenvalue weighted by atomic mass is 32.2. The molecule has 7 nitrogen and oxygen atoms in total. The van der Waals surface area contributed by atoms with Gasteiger partial charge in [0.05, 0.1) is 13.7 Å². The maximum Gasteiger partial charge on any atom is 0.339 e. The summed E-state index contributed by atoms with van der Waals surface area (Å²) in [5.74, 6) is 1.27. The van der Waals surface area contributed by atoms with Gasteiger partial charge in [-0.25, -0.2) is 4.79 Å². The van der Waals surface area contributed by atoms with Crippen LogP contribution in [0.15, 0.2) is 53.4 Å². The first-order valence-electron chi connectivity index (χ1n) is 10.0. The van der Waals surface area contributed by atoms with Crippen molar-refractivity contribution in [1.82, 2.24) is 10.2 Å². The van der Waals surface area contributed by atoms with E-state index in [1.165, 1.54) is 19.2 Å². The lowest BCUT2D eigenvalue weighted by molar-refractivity contribution is 0.189. The standard InChI is InChI=1S/C22H28N2O5S/c1-16(2)23-22(25)24(14-17-8-9-17)15-18-6-4-5-7-21(18)29-30(26,27)20-12-10-19(28-3)11-13-20/h4-7,10-13,16-17H,8-9,14-15H2,1-3H3,(H,23,25). The third-order valence-electron chi connectivity index (χ3n) is 4.76. The summed E-state index contributed by atoms with van der Waals surface area (Å²) in [5.41, 5.74) is 0.633. The summed E-state index contributed by atoms with van der Waals surface area (Å²) in [6, 6.07) is 12.8. The van der Waals surface area contributed by atoms with Crippen LogP contribution in [0.5, 0.6) is 11.5 Å². The molecule has 1 saturated carbocycles. The van der Waals surface area contributed by atoms with E-state index < -0.39 is 10.1 Å². The van der Waals surface area contributed by atoms with Crippen LogP contribution in [0.25, 0.3) is 0 Å². The first kappa shape index (κ1) is 22.0. The normalized spacial score (nSPS) is 13.7. The largest absolute Gasteiger partial charge is 0.497 e. The van der Waals surface area contributed by atoms with Gasteiger partial charge >= 0.3 is 16.1 Å². The van der Waals surface area contributed by atoms with Crippen molar-refractivity contribution in [2.75, 3.05) is 13.7 Å². The van der Waals surface area contributed by atoms with Crippen molar-refractivity contribution in [3.8, 4) is 11.5 Å². The van der Waals surface area contributed by atoms with E-state index in [-0.39, 0.29) is 29.3 Å². The molecule has 3 rings (SSSR count). The first-order chi connectivity index (χ1) is 14.3. The number of carbonyl (C=O) groups excluding carboxylic acids is 1. The molecule has 0 bridgehead atoms. The number of ether oxygens (including phenoxy) is 1. The minimum absolute atomic E-state index is 0.0150. The Bertz CT molecular complexity index is 969. The second-order valence-electron chi connectivity index (χ2n) is 7.75. The van der Waals surface area contributed by atoms with Gasteiger partial charge in [0.2, 0.25) is 0 Å². The number of urea groups is 1. The van der Waals surface area contributed by atoms with Gasteiger partial charge in [0.15, 0.2) is 0 Å². The van der Waals surface area contributed by atoms with E-state index in [4.69, 9.17) is 8.92 Å². The first-order valence-corrected chi connectivity index (χ1v) is 11.4. The fourth-order valence-electron chi connectivity index (χ4n) is 3.00. The Morgan fingerprint density at radius 1 is 1.13 bits per heavy atom. The van der Waals surface area contributed by atoms with Crippen LogP contribution in [0.3, 0.4) is 0 Å². The van der Waals surface area contributed by atoms with Gasteiger partial charge in [0.25, 0.3) is 0 Å². The zero-order chi connectivity index (χ0) is 21.7. The van der Waals surface area contributed by atoms with E-state index in [1.54, 1.807) is 41.3 Å². The summed E-state index contributed by atoms with van der Waals surface area (Å²) in [5, 5.41) is 2.92. The van der Waals surface area contributed by atoms with Gasteiger partial charge in [-0.1, -0.05) is 18.2 Å². The quantitative estimate of drug-likeness (QED) is 0.610. The molecule has 30 heavy (non-hydrogen) atoms. The van der Waals surface area contributed by atoms with Crippen LogP contribution >= 0.6 is 0 Å². The monoisotopic (exact) mass is 432 g/mol. The zero-order valence-electron chi connectivity index (χ0n) is 17.5. The number of carbonyl (C=O) groups is 1. The number of para-hydroxylation sites is 1. The molecule has 0 aromatic heterocycles. The molecule has 1 fully saturated rings. The molecular formula is C22H28N2O5S. The van der Waals surface area contributed by atoms with Crippen LogP contribution in [0, 0.1) is 5.92 Å². The molecule has 2 amide bonds. The SMILES string of the molecule is COc1ccc(S(=O)(=O)Oc2ccccc2CN(CC2CC2)C(=O)NC(C)C)cc1. The second kappa shape index (κ2) is 9.38. The summed E-state index contributed by atoms with van der Waals surface area (Å²) < 4.78 is 36.0. The van der Waals surface area contributed by atoms with E-state index in [2.05, 4.69) is 5.32 Å². The molecule has 162 valence electrons. The van der Waals surface area contributed by atoms with E-state index in [9.17, 15) is 13.2 Å². The molecule has 0 atom stereocenters. The minimum Gasteiger partial charge on any atom is -0.497 e. The lowest BCUT2D eigenvalue weighted by Crippen LogP contribution is -2.43. The third-order valence-corrected chi connectivity index (χ3v) is 6.00. The van der Waals surface area contributed by atoms with Crippen molar-refractivity contribution in [2.45, 2.75) is 44.2 Å². The highest BCUT2D eigenvalue weighted by molar-refractivity contribution is 7.87. The molecule has 0 spiro atoms. The van der Waals surface area contributed by atoms with Gasteiger partial charge in [-0.3, -0.25) is 0 Å².